The van der Waals surface area contributed by atoms with Gasteiger partial charge in [-0.2, -0.15) is 0 Å². The maximum absolute atomic E-state index is 11.0. The molecular formula is C10H16O. The Labute approximate surface area is 68.2 Å². The van der Waals surface area contributed by atoms with Gasteiger partial charge in [0, 0.05) is 5.92 Å². The summed E-state index contributed by atoms with van der Waals surface area (Å²) in [6.07, 6.45) is 6.82. The predicted octanol–water partition coefficient (Wildman–Crippen LogP) is 2.40. The quantitative estimate of drug-likeness (QED) is 0.593. The molecule has 0 radical (unpaired) electrons. The largest absolute Gasteiger partial charge is 0.300 e. The molecule has 0 spiro atoms. The molecule has 2 aliphatic carbocycles. The first-order valence-corrected chi connectivity index (χ1v) is 4.79. The van der Waals surface area contributed by atoms with Gasteiger partial charge in [-0.1, -0.05) is 25.7 Å². The van der Waals surface area contributed by atoms with Gasteiger partial charge in [0.15, 0.2) is 0 Å². The summed E-state index contributed by atoms with van der Waals surface area (Å²) in [7, 11) is 0. The Balaban J connectivity index is 1.85. The van der Waals surface area contributed by atoms with Crippen molar-refractivity contribution in [2.75, 3.05) is 0 Å². The molecule has 0 N–H and O–H groups in total. The Hall–Kier alpha value is -0.330. The summed E-state index contributed by atoms with van der Waals surface area (Å²) < 4.78 is 0. The Morgan fingerprint density at radius 1 is 1.27 bits per heavy atom. The van der Waals surface area contributed by atoms with Gasteiger partial charge in [-0.25, -0.2) is 0 Å². The third-order valence-electron chi connectivity index (χ3n) is 3.37. The third kappa shape index (κ3) is 1.33. The van der Waals surface area contributed by atoms with E-state index in [9.17, 15) is 4.79 Å². The lowest BCUT2D eigenvalue weighted by molar-refractivity contribution is -0.118. The summed E-state index contributed by atoms with van der Waals surface area (Å²) in [5.41, 5.74) is 0. The number of ketones is 1. The highest BCUT2D eigenvalue weighted by atomic mass is 16.1. The van der Waals surface area contributed by atoms with Crippen molar-refractivity contribution in [1.82, 2.24) is 0 Å². The second kappa shape index (κ2) is 2.62. The van der Waals surface area contributed by atoms with Gasteiger partial charge < -0.3 is 0 Å². The monoisotopic (exact) mass is 152 g/mol. The van der Waals surface area contributed by atoms with E-state index in [0.717, 1.165) is 11.8 Å². The van der Waals surface area contributed by atoms with Crippen LogP contribution in [0.3, 0.4) is 0 Å². The van der Waals surface area contributed by atoms with Crippen molar-refractivity contribution in [2.45, 2.75) is 39.0 Å². The van der Waals surface area contributed by atoms with Crippen LogP contribution in [0.1, 0.15) is 39.0 Å². The minimum atomic E-state index is 0.432. The average molecular weight is 152 g/mol. The molecule has 2 unspecified atom stereocenters. The van der Waals surface area contributed by atoms with Crippen LogP contribution in [0.15, 0.2) is 0 Å². The molecule has 2 rings (SSSR count). The first-order valence-electron chi connectivity index (χ1n) is 4.79. The standard InChI is InChI=1S/C10H16O/c1-7(11)9-6-10(9)8-4-2-3-5-8/h8-10H,2-6H2,1H3. The van der Waals surface area contributed by atoms with Crippen molar-refractivity contribution in [1.29, 1.82) is 0 Å². The topological polar surface area (TPSA) is 17.1 Å². The molecule has 1 nitrogen and oxygen atoms in total. The maximum Gasteiger partial charge on any atom is 0.133 e. The average Bonchev–Trinajstić information content (AvgIpc) is 2.60. The molecule has 2 atom stereocenters. The second-order valence-electron chi connectivity index (χ2n) is 4.16. The lowest BCUT2D eigenvalue weighted by Crippen LogP contribution is -2.02. The van der Waals surface area contributed by atoms with Gasteiger partial charge >= 0.3 is 0 Å². The van der Waals surface area contributed by atoms with Crippen molar-refractivity contribution in [3.05, 3.63) is 0 Å². The van der Waals surface area contributed by atoms with Crippen LogP contribution < -0.4 is 0 Å². The minimum Gasteiger partial charge on any atom is -0.300 e. The van der Waals surface area contributed by atoms with E-state index in [1.807, 2.05) is 0 Å². The Morgan fingerprint density at radius 2 is 1.91 bits per heavy atom. The highest BCUT2D eigenvalue weighted by molar-refractivity contribution is 5.81. The first kappa shape index (κ1) is 7.33. The van der Waals surface area contributed by atoms with Gasteiger partial charge in [-0.15, -0.1) is 0 Å². The molecule has 2 fully saturated rings. The zero-order chi connectivity index (χ0) is 7.84. The van der Waals surface area contributed by atoms with Crippen LogP contribution in [-0.4, -0.2) is 5.78 Å². The van der Waals surface area contributed by atoms with Crippen molar-refractivity contribution < 1.29 is 4.79 Å². The molecule has 0 aromatic rings. The van der Waals surface area contributed by atoms with Crippen molar-refractivity contribution >= 4 is 5.78 Å². The summed E-state index contributed by atoms with van der Waals surface area (Å²) in [5, 5.41) is 0. The summed E-state index contributed by atoms with van der Waals surface area (Å²) in [6, 6.07) is 0. The van der Waals surface area contributed by atoms with E-state index in [1.54, 1.807) is 6.92 Å². The molecule has 0 amide bonds. The third-order valence-corrected chi connectivity index (χ3v) is 3.37. The maximum atomic E-state index is 11.0. The van der Waals surface area contributed by atoms with Crippen LogP contribution in [0, 0.1) is 17.8 Å². The summed E-state index contributed by atoms with van der Waals surface area (Å²) in [6.45, 7) is 1.75. The molecule has 2 saturated carbocycles. The van der Waals surface area contributed by atoms with E-state index in [4.69, 9.17) is 0 Å². The molecule has 0 aliphatic heterocycles. The fourth-order valence-electron chi connectivity index (χ4n) is 2.59. The van der Waals surface area contributed by atoms with Gasteiger partial charge in [0.1, 0.15) is 5.78 Å². The molecule has 0 heterocycles. The zero-order valence-electron chi connectivity index (χ0n) is 7.18. The van der Waals surface area contributed by atoms with Crippen molar-refractivity contribution in [2.24, 2.45) is 17.8 Å². The van der Waals surface area contributed by atoms with Gasteiger partial charge in [0.05, 0.1) is 0 Å². The van der Waals surface area contributed by atoms with E-state index in [1.165, 1.54) is 32.1 Å². The van der Waals surface area contributed by atoms with Crippen molar-refractivity contribution in [3.8, 4) is 0 Å². The number of rotatable bonds is 2. The molecule has 0 saturated heterocycles. The molecule has 0 aromatic carbocycles. The molecule has 0 aromatic heterocycles. The number of carbonyl (C=O) groups excluding carboxylic acids is 1. The van der Waals surface area contributed by atoms with Gasteiger partial charge in [0.2, 0.25) is 0 Å². The van der Waals surface area contributed by atoms with E-state index in [-0.39, 0.29) is 0 Å². The molecule has 2 aliphatic rings. The smallest absolute Gasteiger partial charge is 0.133 e. The predicted molar refractivity (Wildman–Crippen MR) is 44.2 cm³/mol. The molecule has 1 heteroatoms. The Bertz CT molecular complexity index is 168. The van der Waals surface area contributed by atoms with Crippen LogP contribution in [0.4, 0.5) is 0 Å². The molecule has 11 heavy (non-hydrogen) atoms. The molecule has 0 bridgehead atoms. The van der Waals surface area contributed by atoms with Gasteiger partial charge in [-0.3, -0.25) is 4.79 Å². The SMILES string of the molecule is CC(=O)C1CC1C1CCCC1. The zero-order valence-corrected chi connectivity index (χ0v) is 7.18. The summed E-state index contributed by atoms with van der Waals surface area (Å²) in [5.74, 6) is 2.62. The van der Waals surface area contributed by atoms with Crippen LogP contribution in [-0.2, 0) is 4.79 Å². The number of carbonyl (C=O) groups is 1. The lowest BCUT2D eigenvalue weighted by atomic mass is 10.00. The fraction of sp³-hybridized carbons (Fsp3) is 0.900. The van der Waals surface area contributed by atoms with Crippen LogP contribution in [0.25, 0.3) is 0 Å². The first-order chi connectivity index (χ1) is 5.29. The van der Waals surface area contributed by atoms with Gasteiger partial charge in [0.25, 0.3) is 0 Å². The van der Waals surface area contributed by atoms with E-state index < -0.39 is 0 Å². The van der Waals surface area contributed by atoms with E-state index in [0.29, 0.717) is 11.7 Å². The van der Waals surface area contributed by atoms with Crippen LogP contribution in [0.5, 0.6) is 0 Å². The van der Waals surface area contributed by atoms with Crippen molar-refractivity contribution in [3.63, 3.8) is 0 Å². The van der Waals surface area contributed by atoms with Crippen LogP contribution in [0.2, 0.25) is 0 Å². The summed E-state index contributed by atoms with van der Waals surface area (Å²) >= 11 is 0. The van der Waals surface area contributed by atoms with Crippen LogP contribution >= 0.6 is 0 Å². The number of Topliss-reactive ketones (excluding diaryl/α,β-unsaturated/α-hetero) is 1. The Kier molecular flexibility index (Phi) is 1.74. The highest BCUT2D eigenvalue weighted by Crippen LogP contribution is 2.50. The lowest BCUT2D eigenvalue weighted by Gasteiger charge is -2.05. The second-order valence-corrected chi connectivity index (χ2v) is 4.16. The number of hydrogen-bond donors (Lipinski definition) is 0. The van der Waals surface area contributed by atoms with Gasteiger partial charge in [-0.05, 0) is 25.2 Å². The van der Waals surface area contributed by atoms with E-state index >= 15 is 0 Å². The highest BCUT2D eigenvalue weighted by Gasteiger charge is 2.45. The molecule has 62 valence electrons. The fourth-order valence-corrected chi connectivity index (χ4v) is 2.59. The van der Waals surface area contributed by atoms with E-state index in [2.05, 4.69) is 0 Å². The molecular weight excluding hydrogens is 136 g/mol. The summed E-state index contributed by atoms with van der Waals surface area (Å²) in [4.78, 5) is 11.0. The normalized spacial score (nSPS) is 37.5. The Morgan fingerprint density at radius 3 is 2.36 bits per heavy atom. The minimum absolute atomic E-state index is 0.432. The number of hydrogen-bond acceptors (Lipinski definition) is 1.